The van der Waals surface area contributed by atoms with Gasteiger partial charge in [0.2, 0.25) is 0 Å². The first-order chi connectivity index (χ1) is 12.3. The number of hydrogen-bond acceptors (Lipinski definition) is 3. The monoisotopic (exact) mass is 332 g/mol. The number of hydrogen-bond donors (Lipinski definition) is 0. The van der Waals surface area contributed by atoms with Gasteiger partial charge < -0.3 is 9.47 Å². The van der Waals surface area contributed by atoms with Crippen LogP contribution in [0.25, 0.3) is 0 Å². The highest BCUT2D eigenvalue weighted by atomic mass is 16.5. The highest BCUT2D eigenvalue weighted by Gasteiger charge is 2.06. The van der Waals surface area contributed by atoms with Gasteiger partial charge in [-0.15, -0.1) is 0 Å². The molecule has 3 aromatic rings. The Hall–Kier alpha value is -3.07. The molecule has 0 saturated carbocycles. The first kappa shape index (κ1) is 16.8. The van der Waals surface area contributed by atoms with Crippen molar-refractivity contribution >= 4 is 5.97 Å². The van der Waals surface area contributed by atoms with Gasteiger partial charge in [-0.1, -0.05) is 60.7 Å². The third-order valence-electron chi connectivity index (χ3n) is 3.76. The number of ether oxygens (including phenoxy) is 2. The lowest BCUT2D eigenvalue weighted by Crippen LogP contribution is -2.09. The van der Waals surface area contributed by atoms with Crippen LogP contribution in [0.1, 0.15) is 17.5 Å². The second-order valence-electron chi connectivity index (χ2n) is 5.71. The Morgan fingerprint density at radius 3 is 1.88 bits per heavy atom. The van der Waals surface area contributed by atoms with E-state index >= 15 is 0 Å². The summed E-state index contributed by atoms with van der Waals surface area (Å²) in [6.07, 6.45) is 1.04. The molecule has 3 rings (SSSR count). The minimum atomic E-state index is -0.234. The number of rotatable bonds is 7. The van der Waals surface area contributed by atoms with Crippen LogP contribution in [0.15, 0.2) is 84.9 Å². The molecular weight excluding hydrogens is 312 g/mol. The van der Waals surface area contributed by atoms with Gasteiger partial charge in [-0.3, -0.25) is 4.79 Å². The Labute approximate surface area is 147 Å². The summed E-state index contributed by atoms with van der Waals surface area (Å²) in [5.74, 6) is 1.04. The second-order valence-corrected chi connectivity index (χ2v) is 5.71. The zero-order valence-corrected chi connectivity index (χ0v) is 13.9. The SMILES string of the molecule is O=C(CCc1ccccc1)Oc1ccc(OCc2ccccc2)cc1. The van der Waals surface area contributed by atoms with Crippen LogP contribution in [0.3, 0.4) is 0 Å². The molecule has 0 heterocycles. The fourth-order valence-corrected chi connectivity index (χ4v) is 2.42. The largest absolute Gasteiger partial charge is 0.489 e. The summed E-state index contributed by atoms with van der Waals surface area (Å²) in [5, 5.41) is 0. The molecule has 0 unspecified atom stereocenters. The smallest absolute Gasteiger partial charge is 0.311 e. The lowest BCUT2D eigenvalue weighted by atomic mass is 10.1. The predicted molar refractivity (Wildman–Crippen MR) is 97.6 cm³/mol. The third kappa shape index (κ3) is 5.50. The molecular formula is C22H20O3. The van der Waals surface area contributed by atoms with Gasteiger partial charge >= 0.3 is 5.97 Å². The van der Waals surface area contributed by atoms with E-state index in [0.717, 1.165) is 16.9 Å². The van der Waals surface area contributed by atoms with Gasteiger partial charge in [-0.05, 0) is 41.8 Å². The Balaban J connectivity index is 1.46. The maximum atomic E-state index is 11.9. The maximum absolute atomic E-state index is 11.9. The van der Waals surface area contributed by atoms with Crippen molar-refractivity contribution in [3.05, 3.63) is 96.1 Å². The highest BCUT2D eigenvalue weighted by Crippen LogP contribution is 2.19. The Bertz CT molecular complexity index is 781. The fraction of sp³-hybridized carbons (Fsp3) is 0.136. The molecule has 3 nitrogen and oxygen atoms in total. The van der Waals surface area contributed by atoms with Crippen LogP contribution >= 0.6 is 0 Å². The van der Waals surface area contributed by atoms with Crippen molar-refractivity contribution in [1.82, 2.24) is 0 Å². The molecule has 0 spiro atoms. The van der Waals surface area contributed by atoms with Crippen molar-refractivity contribution in [2.75, 3.05) is 0 Å². The fourth-order valence-electron chi connectivity index (χ4n) is 2.42. The molecule has 126 valence electrons. The van der Waals surface area contributed by atoms with Gasteiger partial charge in [-0.25, -0.2) is 0 Å². The van der Waals surface area contributed by atoms with Crippen molar-refractivity contribution in [3.8, 4) is 11.5 Å². The van der Waals surface area contributed by atoms with E-state index in [4.69, 9.17) is 9.47 Å². The Kier molecular flexibility index (Phi) is 5.83. The standard InChI is InChI=1S/C22H20O3/c23-22(16-11-18-7-3-1-4-8-18)25-21-14-12-20(13-15-21)24-17-19-9-5-2-6-10-19/h1-10,12-15H,11,16-17H2. The van der Waals surface area contributed by atoms with Gasteiger partial charge in [0, 0.05) is 6.42 Å². The van der Waals surface area contributed by atoms with E-state index < -0.39 is 0 Å². The molecule has 0 aliphatic heterocycles. The van der Waals surface area contributed by atoms with Crippen LogP contribution in [0.2, 0.25) is 0 Å². The second kappa shape index (κ2) is 8.69. The molecule has 0 atom stereocenters. The van der Waals surface area contributed by atoms with Gasteiger partial charge in [0.25, 0.3) is 0 Å². The number of carbonyl (C=O) groups is 1. The minimum Gasteiger partial charge on any atom is -0.489 e. The van der Waals surface area contributed by atoms with E-state index in [9.17, 15) is 4.79 Å². The molecule has 0 aliphatic rings. The normalized spacial score (nSPS) is 10.2. The topological polar surface area (TPSA) is 35.5 Å². The average molecular weight is 332 g/mol. The molecule has 0 radical (unpaired) electrons. The van der Waals surface area contributed by atoms with Gasteiger partial charge in [0.05, 0.1) is 0 Å². The maximum Gasteiger partial charge on any atom is 0.311 e. The predicted octanol–water partition coefficient (Wildman–Crippen LogP) is 4.80. The molecule has 25 heavy (non-hydrogen) atoms. The molecule has 0 amide bonds. The van der Waals surface area contributed by atoms with Crippen molar-refractivity contribution in [2.45, 2.75) is 19.4 Å². The molecule has 0 N–H and O–H groups in total. The molecule has 0 saturated heterocycles. The van der Waals surface area contributed by atoms with E-state index in [2.05, 4.69) is 0 Å². The number of carbonyl (C=O) groups excluding carboxylic acids is 1. The molecule has 3 heteroatoms. The van der Waals surface area contributed by atoms with Crippen LogP contribution in [-0.4, -0.2) is 5.97 Å². The summed E-state index contributed by atoms with van der Waals surface area (Å²) < 4.78 is 11.1. The lowest BCUT2D eigenvalue weighted by molar-refractivity contribution is -0.134. The summed E-state index contributed by atoms with van der Waals surface area (Å²) >= 11 is 0. The summed E-state index contributed by atoms with van der Waals surface area (Å²) in [5.41, 5.74) is 2.24. The van der Waals surface area contributed by atoms with Crippen molar-refractivity contribution in [3.63, 3.8) is 0 Å². The van der Waals surface area contributed by atoms with E-state index in [0.29, 0.717) is 25.2 Å². The van der Waals surface area contributed by atoms with Gasteiger partial charge in [-0.2, -0.15) is 0 Å². The molecule has 0 fully saturated rings. The van der Waals surface area contributed by atoms with Crippen LogP contribution in [0.4, 0.5) is 0 Å². The first-order valence-corrected chi connectivity index (χ1v) is 8.31. The number of aryl methyl sites for hydroxylation is 1. The average Bonchev–Trinajstić information content (AvgIpc) is 2.67. The summed E-state index contributed by atoms with van der Waals surface area (Å²) in [4.78, 5) is 11.9. The highest BCUT2D eigenvalue weighted by molar-refractivity contribution is 5.72. The van der Waals surface area contributed by atoms with E-state index in [1.54, 1.807) is 12.1 Å². The summed E-state index contributed by atoms with van der Waals surface area (Å²) in [7, 11) is 0. The summed E-state index contributed by atoms with van der Waals surface area (Å²) in [6.45, 7) is 0.511. The first-order valence-electron chi connectivity index (χ1n) is 8.31. The quantitative estimate of drug-likeness (QED) is 0.460. The summed E-state index contributed by atoms with van der Waals surface area (Å²) in [6, 6.07) is 27.0. The Morgan fingerprint density at radius 1 is 0.680 bits per heavy atom. The van der Waals surface area contributed by atoms with Crippen LogP contribution in [-0.2, 0) is 17.8 Å². The molecule has 3 aromatic carbocycles. The zero-order valence-electron chi connectivity index (χ0n) is 13.9. The van der Waals surface area contributed by atoms with Crippen molar-refractivity contribution < 1.29 is 14.3 Å². The van der Waals surface area contributed by atoms with E-state index in [1.807, 2.05) is 72.8 Å². The minimum absolute atomic E-state index is 0.234. The third-order valence-corrected chi connectivity index (χ3v) is 3.76. The number of benzene rings is 3. The zero-order chi connectivity index (χ0) is 17.3. The Morgan fingerprint density at radius 2 is 1.24 bits per heavy atom. The molecule has 0 bridgehead atoms. The van der Waals surface area contributed by atoms with Gasteiger partial charge in [0.15, 0.2) is 0 Å². The van der Waals surface area contributed by atoms with E-state index in [1.165, 1.54) is 0 Å². The molecule has 0 aromatic heterocycles. The van der Waals surface area contributed by atoms with Crippen LogP contribution in [0.5, 0.6) is 11.5 Å². The van der Waals surface area contributed by atoms with Crippen LogP contribution < -0.4 is 9.47 Å². The lowest BCUT2D eigenvalue weighted by Gasteiger charge is -2.08. The molecule has 0 aliphatic carbocycles. The van der Waals surface area contributed by atoms with Crippen molar-refractivity contribution in [1.29, 1.82) is 0 Å². The van der Waals surface area contributed by atoms with Crippen molar-refractivity contribution in [2.24, 2.45) is 0 Å². The van der Waals surface area contributed by atoms with E-state index in [-0.39, 0.29) is 5.97 Å². The van der Waals surface area contributed by atoms with Gasteiger partial charge in [0.1, 0.15) is 18.1 Å². The number of esters is 1. The van der Waals surface area contributed by atoms with Crippen LogP contribution in [0, 0.1) is 0 Å².